The van der Waals surface area contributed by atoms with Gasteiger partial charge >= 0.3 is 0 Å². The Bertz CT molecular complexity index is 1900. The van der Waals surface area contributed by atoms with Crippen LogP contribution in [0.25, 0.3) is 11.1 Å². The third-order valence-electron chi connectivity index (χ3n) is 9.81. The van der Waals surface area contributed by atoms with Gasteiger partial charge in [0.25, 0.3) is 5.91 Å². The lowest BCUT2D eigenvalue weighted by Crippen LogP contribution is -2.54. The summed E-state index contributed by atoms with van der Waals surface area (Å²) >= 11 is 0. The predicted octanol–water partition coefficient (Wildman–Crippen LogP) is 1.68. The van der Waals surface area contributed by atoms with E-state index in [0.29, 0.717) is 24.3 Å². The van der Waals surface area contributed by atoms with Crippen LogP contribution in [0.3, 0.4) is 0 Å². The molecule has 4 N–H and O–H groups in total. The first-order valence-electron chi connectivity index (χ1n) is 16.4. The van der Waals surface area contributed by atoms with Crippen molar-refractivity contribution in [2.75, 3.05) is 19.7 Å². The van der Waals surface area contributed by atoms with Gasteiger partial charge in [-0.15, -0.1) is 6.58 Å². The molecule has 3 saturated carbocycles. The maximum atomic E-state index is 13.9. The van der Waals surface area contributed by atoms with Gasteiger partial charge in [0.1, 0.15) is 29.7 Å². The molecule has 1 aliphatic heterocycles. The predicted molar refractivity (Wildman–Crippen MR) is 179 cm³/mol. The van der Waals surface area contributed by atoms with Crippen molar-refractivity contribution in [3.8, 4) is 16.9 Å². The average molecular weight is 688 g/mol. The number of amides is 4. The van der Waals surface area contributed by atoms with E-state index in [0.717, 1.165) is 22.3 Å². The van der Waals surface area contributed by atoms with Crippen molar-refractivity contribution >= 4 is 39.4 Å². The molecule has 7 rings (SSSR count). The molecule has 49 heavy (non-hydrogen) atoms. The zero-order valence-corrected chi connectivity index (χ0v) is 27.5. The maximum Gasteiger partial charge on any atom is 0.259 e. The molecule has 5 aliphatic rings. The molecule has 0 unspecified atom stereocenters. The first kappa shape index (κ1) is 32.6. The molecule has 2 aromatic rings. The number of fused-ring (bicyclic) bond motifs is 6. The Balaban J connectivity index is 1.16. The fourth-order valence-corrected chi connectivity index (χ4v) is 8.22. The highest BCUT2D eigenvalue weighted by atomic mass is 32.2. The first-order chi connectivity index (χ1) is 23.6. The lowest BCUT2D eigenvalue weighted by Gasteiger charge is -2.23. The smallest absolute Gasteiger partial charge is 0.259 e. The third-order valence-corrected chi connectivity index (χ3v) is 11.6. The largest absolute Gasteiger partial charge is 0.490 e. The summed E-state index contributed by atoms with van der Waals surface area (Å²) in [5, 5.41) is 12.1. The second kappa shape index (κ2) is 12.8. The van der Waals surface area contributed by atoms with Crippen LogP contribution in [-0.4, -0.2) is 74.3 Å². The summed E-state index contributed by atoms with van der Waals surface area (Å²) in [6.45, 7) is 3.94. The molecule has 14 heteroatoms. The molecule has 1 heterocycles. The van der Waals surface area contributed by atoms with Crippen LogP contribution in [0.1, 0.15) is 43.2 Å². The van der Waals surface area contributed by atoms with Gasteiger partial charge in [-0.3, -0.25) is 23.9 Å². The lowest BCUT2D eigenvalue weighted by atomic mass is 9.93. The van der Waals surface area contributed by atoms with Crippen LogP contribution in [0, 0.1) is 17.8 Å². The fraction of sp³-hybridized carbons (Fsp3) is 0.400. The number of hydrogen-bond acceptors (Lipinski definition) is 9. The molecule has 0 radical (unpaired) electrons. The number of carbonyl (C=O) groups is 4. The number of carbonyl (C=O) groups excluding carboxylic acids is 4. The number of rotatable bonds is 6. The highest BCUT2D eigenvalue weighted by molar-refractivity contribution is 7.91. The molecule has 0 aromatic heterocycles. The number of nitrogens with zero attached hydrogens (tertiary/aromatic N) is 1. The van der Waals surface area contributed by atoms with Crippen molar-refractivity contribution in [2.24, 2.45) is 22.9 Å². The topological polar surface area (TPSA) is 181 Å². The minimum absolute atomic E-state index is 0.0895. The zero-order valence-electron chi connectivity index (χ0n) is 26.6. The van der Waals surface area contributed by atoms with Gasteiger partial charge in [-0.1, -0.05) is 41.6 Å². The Morgan fingerprint density at radius 3 is 2.53 bits per heavy atom. The van der Waals surface area contributed by atoms with E-state index in [1.54, 1.807) is 12.2 Å². The van der Waals surface area contributed by atoms with Gasteiger partial charge in [-0.05, 0) is 67.5 Å². The summed E-state index contributed by atoms with van der Waals surface area (Å²) in [6, 6.07) is 13.5. The summed E-state index contributed by atoms with van der Waals surface area (Å²) < 4.78 is 33.2. The van der Waals surface area contributed by atoms with Gasteiger partial charge in [0.15, 0.2) is 0 Å². The van der Waals surface area contributed by atoms with Crippen LogP contribution in [0.5, 0.6) is 5.75 Å². The first-order valence-corrected chi connectivity index (χ1v) is 17.9. The minimum atomic E-state index is -3.86. The molecule has 13 nitrogen and oxygen atoms in total. The molecule has 256 valence electrons. The molecule has 5 atom stereocenters. The Kier molecular flexibility index (Phi) is 8.51. The van der Waals surface area contributed by atoms with Crippen molar-refractivity contribution in [1.29, 1.82) is 0 Å². The molecular weight excluding hydrogens is 650 g/mol. The Labute approximate surface area is 283 Å². The number of sulfonamides is 1. The second-order valence-electron chi connectivity index (χ2n) is 13.1. The van der Waals surface area contributed by atoms with Crippen LogP contribution >= 0.6 is 0 Å². The average Bonchev–Trinajstić information content (AvgIpc) is 4.00. The molecule has 4 bridgehead atoms. The van der Waals surface area contributed by atoms with Gasteiger partial charge < -0.3 is 25.5 Å². The van der Waals surface area contributed by atoms with Gasteiger partial charge in [0, 0.05) is 23.6 Å². The number of benzene rings is 2. The summed E-state index contributed by atoms with van der Waals surface area (Å²) in [5.74, 6) is -4.10. The third kappa shape index (κ3) is 6.44. The highest BCUT2D eigenvalue weighted by Gasteiger charge is 2.62. The van der Waals surface area contributed by atoms with Gasteiger partial charge in [-0.2, -0.15) is 0 Å². The lowest BCUT2D eigenvalue weighted by molar-refractivity contribution is -0.136. The van der Waals surface area contributed by atoms with Gasteiger partial charge in [0.2, 0.25) is 27.7 Å². The Hall–Kier alpha value is -4.98. The quantitative estimate of drug-likeness (QED) is 0.283. The minimum Gasteiger partial charge on any atom is -0.490 e. The Morgan fingerprint density at radius 1 is 1.00 bits per heavy atom. The summed E-state index contributed by atoms with van der Waals surface area (Å²) in [7, 11) is -3.86. The van der Waals surface area contributed by atoms with Crippen molar-refractivity contribution in [3.63, 3.8) is 0 Å². The van der Waals surface area contributed by atoms with Crippen molar-refractivity contribution in [1.82, 2.24) is 20.7 Å². The van der Waals surface area contributed by atoms with E-state index in [1.165, 1.54) is 6.08 Å². The van der Waals surface area contributed by atoms with Crippen molar-refractivity contribution < 1.29 is 37.2 Å². The fourth-order valence-electron chi connectivity index (χ4n) is 6.85. The van der Waals surface area contributed by atoms with Crippen molar-refractivity contribution in [3.05, 3.63) is 78.4 Å². The van der Waals surface area contributed by atoms with Crippen LogP contribution in [0.2, 0.25) is 0 Å². The summed E-state index contributed by atoms with van der Waals surface area (Å²) in [4.78, 5) is 59.3. The van der Waals surface area contributed by atoms with Crippen LogP contribution in [0.15, 0.2) is 72.4 Å². The number of oxime groups is 1. The monoisotopic (exact) mass is 687 g/mol. The molecule has 0 spiro atoms. The highest BCUT2D eigenvalue weighted by Crippen LogP contribution is 2.46. The SMILES string of the molecule is C=C[C@@H]1C[C@]1(NC(=O)[C@@H]1C[C@@H]2C[C@H]1C(=O)NCC(=O)NC/C=C/COc1ccc3c(c1)/C(=N\O2)c1ccccc1-3)C(=O)NS(=O)(=O)C1CC1. The van der Waals surface area contributed by atoms with Crippen molar-refractivity contribution in [2.45, 2.75) is 49.0 Å². The van der Waals surface area contributed by atoms with E-state index in [4.69, 9.17) is 9.57 Å². The van der Waals surface area contributed by atoms with E-state index in [1.807, 2.05) is 42.5 Å². The van der Waals surface area contributed by atoms with Crippen LogP contribution in [-0.2, 0) is 34.0 Å². The number of ether oxygens (including phenoxy) is 1. The number of nitrogens with one attached hydrogen (secondary N) is 4. The molecule has 0 saturated heterocycles. The summed E-state index contributed by atoms with van der Waals surface area (Å²) in [5.41, 5.74) is 2.71. The van der Waals surface area contributed by atoms with E-state index < -0.39 is 68.3 Å². The van der Waals surface area contributed by atoms with Crippen LogP contribution < -0.4 is 25.4 Å². The number of hydrogen-bond donors (Lipinski definition) is 4. The van der Waals surface area contributed by atoms with Gasteiger partial charge in [-0.25, -0.2) is 8.42 Å². The van der Waals surface area contributed by atoms with E-state index in [9.17, 15) is 27.6 Å². The normalized spacial score (nSPS) is 29.4. The van der Waals surface area contributed by atoms with Crippen LogP contribution in [0.4, 0.5) is 0 Å². The molecular formula is C35H37N5O8S. The molecule has 2 aromatic carbocycles. The van der Waals surface area contributed by atoms with E-state index in [-0.39, 0.29) is 39.0 Å². The van der Waals surface area contributed by atoms with Gasteiger partial charge in [0.05, 0.1) is 23.6 Å². The zero-order chi connectivity index (χ0) is 34.3. The molecule has 3 fully saturated rings. The molecule has 4 amide bonds. The van der Waals surface area contributed by atoms with E-state index >= 15 is 0 Å². The second-order valence-corrected chi connectivity index (χ2v) is 15.1. The molecule has 4 aliphatic carbocycles. The Morgan fingerprint density at radius 2 is 1.78 bits per heavy atom. The summed E-state index contributed by atoms with van der Waals surface area (Å²) in [6.07, 6.45) is 5.68. The maximum absolute atomic E-state index is 13.9. The van der Waals surface area contributed by atoms with E-state index in [2.05, 4.69) is 32.4 Å². The standard InChI is InChI=1S/C35H37N5O8S/c1-2-20-18-35(20,34(44)40-49(45,46)23-10-11-23)38-33(43)29-17-22-16-28(29)32(42)37-19-30(41)36-13-5-6-14-47-21-9-12-25-24-7-3-4-8-26(24)31(39-48-22)27(25)15-21/h2-9,12,15,20,22-23,28-29H,1,10-11,13-14,16-19H2,(H,36,41)(H,37,42)(H,38,43)(H,40,44)/b6-5+,39-31-/t20-,22+,28-,29-,35-/m1/s1.